The zero-order chi connectivity index (χ0) is 10.4. The maximum atomic E-state index is 10.9. The number of hydrogen-bond acceptors (Lipinski definition) is 3. The summed E-state index contributed by atoms with van der Waals surface area (Å²) in [7, 11) is 0. The predicted octanol–water partition coefficient (Wildman–Crippen LogP) is 2.61. The van der Waals surface area contributed by atoms with E-state index in [1.54, 1.807) is 11.4 Å². The van der Waals surface area contributed by atoms with Gasteiger partial charge < -0.3 is 0 Å². The molecule has 0 amide bonds. The Labute approximate surface area is 85.2 Å². The Bertz CT molecular complexity index is 446. The summed E-state index contributed by atoms with van der Waals surface area (Å²) in [4.78, 5) is 14.2. The number of rotatable bonds is 2. The van der Waals surface area contributed by atoms with E-state index in [1.165, 1.54) is 18.3 Å². The van der Waals surface area contributed by atoms with Crippen molar-refractivity contribution in [1.82, 2.24) is 0 Å². The molecule has 0 aliphatic rings. The van der Waals surface area contributed by atoms with E-state index in [0.29, 0.717) is 4.88 Å². The van der Waals surface area contributed by atoms with Crippen molar-refractivity contribution < 1.29 is 4.79 Å². The van der Waals surface area contributed by atoms with Crippen LogP contribution in [0.2, 0.25) is 0 Å². The third kappa shape index (κ3) is 2.94. The number of carbonyl (C=O) groups is 1. The van der Waals surface area contributed by atoms with E-state index in [-0.39, 0.29) is 12.3 Å². The summed E-state index contributed by atoms with van der Waals surface area (Å²) in [5.74, 6) is 5.52. The van der Waals surface area contributed by atoms with Gasteiger partial charge in [0.15, 0.2) is 5.78 Å². The fourth-order valence-electron chi connectivity index (χ4n) is 0.795. The molecule has 70 valence electrons. The van der Waals surface area contributed by atoms with Gasteiger partial charge in [-0.1, -0.05) is 17.0 Å². The maximum absolute atomic E-state index is 10.9. The minimum Gasteiger partial charge on any atom is -0.294 e. The number of azide groups is 1. The van der Waals surface area contributed by atoms with E-state index in [2.05, 4.69) is 21.9 Å². The average Bonchev–Trinajstić information content (AvgIpc) is 2.61. The lowest BCUT2D eigenvalue weighted by atomic mass is 10.3. The quantitative estimate of drug-likeness (QED) is 0.240. The van der Waals surface area contributed by atoms with E-state index in [9.17, 15) is 4.79 Å². The minimum atomic E-state index is 0.0399. The first-order valence-corrected chi connectivity index (χ1v) is 4.71. The summed E-state index contributed by atoms with van der Waals surface area (Å²) in [6.45, 7) is 1.67. The van der Waals surface area contributed by atoms with Crippen molar-refractivity contribution in [3.05, 3.63) is 32.3 Å². The zero-order valence-electron chi connectivity index (χ0n) is 7.52. The highest BCUT2D eigenvalue weighted by Crippen LogP contribution is 2.13. The molecule has 14 heavy (non-hydrogen) atoms. The maximum Gasteiger partial charge on any atom is 0.169 e. The molecular weight excluding hydrogens is 198 g/mol. The summed E-state index contributed by atoms with van der Waals surface area (Å²) in [6.07, 6.45) is 0. The van der Waals surface area contributed by atoms with Crippen molar-refractivity contribution in [3.8, 4) is 11.8 Å². The van der Waals surface area contributed by atoms with E-state index in [0.717, 1.165) is 5.56 Å². The third-order valence-corrected chi connectivity index (χ3v) is 2.42. The number of thiophene rings is 1. The van der Waals surface area contributed by atoms with E-state index in [4.69, 9.17) is 5.53 Å². The lowest BCUT2D eigenvalue weighted by Gasteiger charge is -1.81. The highest BCUT2D eigenvalue weighted by atomic mass is 32.1. The summed E-state index contributed by atoms with van der Waals surface area (Å²) >= 11 is 1.37. The largest absolute Gasteiger partial charge is 0.294 e. The first-order chi connectivity index (χ1) is 6.74. The highest BCUT2D eigenvalue weighted by molar-refractivity contribution is 7.12. The van der Waals surface area contributed by atoms with Crippen LogP contribution in [0.15, 0.2) is 16.6 Å². The molecule has 1 aromatic heterocycles. The standard InChI is InChI=1S/C9H7N3OS/c1-7(13)9-5-8(6-14-9)3-2-4-11-12-10/h5-6H,4H2,1H3. The first kappa shape index (κ1) is 10.3. The number of hydrogen-bond donors (Lipinski definition) is 0. The van der Waals surface area contributed by atoms with Crippen LogP contribution in [0, 0.1) is 11.8 Å². The molecule has 0 saturated carbocycles. The Kier molecular flexibility index (Phi) is 3.74. The first-order valence-electron chi connectivity index (χ1n) is 3.83. The van der Waals surface area contributed by atoms with Gasteiger partial charge in [-0.2, -0.15) is 0 Å². The van der Waals surface area contributed by atoms with Crippen LogP contribution in [0.1, 0.15) is 22.2 Å². The van der Waals surface area contributed by atoms with Gasteiger partial charge in [0.1, 0.15) is 0 Å². The summed E-state index contributed by atoms with van der Waals surface area (Å²) in [6, 6.07) is 1.73. The van der Waals surface area contributed by atoms with Gasteiger partial charge in [-0.15, -0.1) is 11.3 Å². The third-order valence-electron chi connectivity index (χ3n) is 1.39. The van der Waals surface area contributed by atoms with Crippen LogP contribution in [0.3, 0.4) is 0 Å². The van der Waals surface area contributed by atoms with Crippen molar-refractivity contribution >= 4 is 17.1 Å². The zero-order valence-corrected chi connectivity index (χ0v) is 8.34. The van der Waals surface area contributed by atoms with Crippen LogP contribution in [0.4, 0.5) is 0 Å². The highest BCUT2D eigenvalue weighted by Gasteiger charge is 2.01. The van der Waals surface area contributed by atoms with E-state index < -0.39 is 0 Å². The molecule has 0 unspecified atom stereocenters. The molecule has 0 bridgehead atoms. The Balaban J connectivity index is 2.71. The Morgan fingerprint density at radius 2 is 2.57 bits per heavy atom. The molecule has 1 rings (SSSR count). The SMILES string of the molecule is CC(=O)c1cc(C#CCN=[N+]=[N-])cs1. The molecule has 1 aromatic rings. The molecule has 0 saturated heterocycles. The predicted molar refractivity (Wildman–Crippen MR) is 55.2 cm³/mol. The number of ketones is 1. The molecule has 0 radical (unpaired) electrons. The van der Waals surface area contributed by atoms with Crippen LogP contribution < -0.4 is 0 Å². The second-order valence-electron chi connectivity index (χ2n) is 2.45. The van der Waals surface area contributed by atoms with Crippen molar-refractivity contribution in [2.24, 2.45) is 5.11 Å². The van der Waals surface area contributed by atoms with Crippen LogP contribution in [0.5, 0.6) is 0 Å². The number of nitrogens with zero attached hydrogens (tertiary/aromatic N) is 3. The topological polar surface area (TPSA) is 65.8 Å². The number of carbonyl (C=O) groups excluding carboxylic acids is 1. The smallest absolute Gasteiger partial charge is 0.169 e. The van der Waals surface area contributed by atoms with Gasteiger partial charge in [0, 0.05) is 15.9 Å². The van der Waals surface area contributed by atoms with Gasteiger partial charge >= 0.3 is 0 Å². The molecule has 4 nitrogen and oxygen atoms in total. The van der Waals surface area contributed by atoms with Crippen molar-refractivity contribution in [2.45, 2.75) is 6.92 Å². The fraction of sp³-hybridized carbons (Fsp3) is 0.222. The molecule has 0 atom stereocenters. The normalized spacial score (nSPS) is 8.36. The van der Waals surface area contributed by atoms with Crippen molar-refractivity contribution in [2.75, 3.05) is 6.54 Å². The van der Waals surface area contributed by atoms with Gasteiger partial charge in [0.2, 0.25) is 0 Å². The molecule has 0 spiro atoms. The Morgan fingerprint density at radius 1 is 1.79 bits per heavy atom. The molecule has 0 aromatic carbocycles. The van der Waals surface area contributed by atoms with Crippen LogP contribution in [0.25, 0.3) is 10.4 Å². The molecule has 1 heterocycles. The monoisotopic (exact) mass is 205 g/mol. The second-order valence-corrected chi connectivity index (χ2v) is 3.36. The van der Waals surface area contributed by atoms with E-state index >= 15 is 0 Å². The molecular formula is C9H7N3OS. The Morgan fingerprint density at radius 3 is 3.14 bits per heavy atom. The molecule has 0 fully saturated rings. The van der Waals surface area contributed by atoms with Crippen molar-refractivity contribution in [1.29, 1.82) is 0 Å². The average molecular weight is 205 g/mol. The second kappa shape index (κ2) is 5.07. The minimum absolute atomic E-state index is 0.0399. The van der Waals surface area contributed by atoms with Crippen molar-refractivity contribution in [3.63, 3.8) is 0 Å². The molecule has 0 aliphatic carbocycles. The molecule has 5 heteroatoms. The lowest BCUT2D eigenvalue weighted by Crippen LogP contribution is -1.84. The lowest BCUT2D eigenvalue weighted by molar-refractivity contribution is 0.102. The van der Waals surface area contributed by atoms with Gasteiger partial charge in [-0.25, -0.2) is 0 Å². The summed E-state index contributed by atoms with van der Waals surface area (Å²) in [5, 5.41) is 5.08. The summed E-state index contributed by atoms with van der Waals surface area (Å²) in [5.41, 5.74) is 8.77. The summed E-state index contributed by atoms with van der Waals surface area (Å²) < 4.78 is 0. The Hall–Kier alpha value is -1.76. The van der Waals surface area contributed by atoms with Gasteiger partial charge in [0.25, 0.3) is 0 Å². The van der Waals surface area contributed by atoms with Crippen LogP contribution in [-0.2, 0) is 0 Å². The van der Waals surface area contributed by atoms with Crippen LogP contribution in [-0.4, -0.2) is 12.3 Å². The van der Waals surface area contributed by atoms with Crippen LogP contribution >= 0.6 is 11.3 Å². The van der Waals surface area contributed by atoms with E-state index in [1.807, 2.05) is 0 Å². The molecule has 0 aliphatic heterocycles. The fourth-order valence-corrected chi connectivity index (χ4v) is 1.54. The van der Waals surface area contributed by atoms with Gasteiger partial charge in [0.05, 0.1) is 11.4 Å². The van der Waals surface area contributed by atoms with Gasteiger partial charge in [-0.3, -0.25) is 4.79 Å². The van der Waals surface area contributed by atoms with Gasteiger partial charge in [-0.05, 0) is 18.5 Å². The molecule has 0 N–H and O–H groups in total. The number of Topliss-reactive ketones (excluding diaryl/α,β-unsaturated/α-hetero) is 1.